The van der Waals surface area contributed by atoms with E-state index in [-0.39, 0.29) is 12.5 Å². The van der Waals surface area contributed by atoms with Gasteiger partial charge in [-0.3, -0.25) is 9.78 Å². The number of aromatic nitrogens is 1. The van der Waals surface area contributed by atoms with Gasteiger partial charge in [-0.1, -0.05) is 6.07 Å². The Morgan fingerprint density at radius 2 is 2.10 bits per heavy atom. The molecule has 110 valence electrons. The van der Waals surface area contributed by atoms with E-state index >= 15 is 0 Å². The van der Waals surface area contributed by atoms with Gasteiger partial charge in [-0.05, 0) is 31.9 Å². The normalized spacial score (nSPS) is 10.1. The number of aliphatic carboxylic acids is 1. The summed E-state index contributed by atoms with van der Waals surface area (Å²) in [5.41, 5.74) is 1.76. The number of carbonyl (C=O) groups is 2. The number of hydrogen-bond acceptors (Lipinski definition) is 3. The van der Waals surface area contributed by atoms with Crippen LogP contribution in [0.25, 0.3) is 0 Å². The zero-order valence-corrected chi connectivity index (χ0v) is 11.9. The lowest BCUT2D eigenvalue weighted by atomic mass is 10.2. The average molecular weight is 279 g/mol. The first-order chi connectivity index (χ1) is 9.49. The lowest BCUT2D eigenvalue weighted by Crippen LogP contribution is -2.37. The molecule has 0 radical (unpaired) electrons. The summed E-state index contributed by atoms with van der Waals surface area (Å²) in [6.45, 7) is 2.84. The molecule has 1 aromatic rings. The van der Waals surface area contributed by atoms with Crippen LogP contribution in [0.3, 0.4) is 0 Å². The van der Waals surface area contributed by atoms with Gasteiger partial charge in [-0.2, -0.15) is 0 Å². The highest BCUT2D eigenvalue weighted by Crippen LogP contribution is 2.02. The van der Waals surface area contributed by atoms with Gasteiger partial charge in [0.1, 0.15) is 0 Å². The zero-order chi connectivity index (χ0) is 15.0. The van der Waals surface area contributed by atoms with Crippen LogP contribution in [0, 0.1) is 6.92 Å². The maximum absolute atomic E-state index is 11.8. The molecule has 0 aliphatic carbocycles. The van der Waals surface area contributed by atoms with Gasteiger partial charge in [-0.15, -0.1) is 0 Å². The van der Waals surface area contributed by atoms with Crippen molar-refractivity contribution in [1.29, 1.82) is 0 Å². The van der Waals surface area contributed by atoms with Crippen LogP contribution in [0.1, 0.15) is 30.7 Å². The van der Waals surface area contributed by atoms with Crippen molar-refractivity contribution in [2.45, 2.75) is 32.7 Å². The second-order valence-electron chi connectivity index (χ2n) is 4.71. The molecule has 6 heteroatoms. The van der Waals surface area contributed by atoms with Gasteiger partial charge in [0.05, 0.1) is 12.2 Å². The van der Waals surface area contributed by atoms with Crippen molar-refractivity contribution in [3.63, 3.8) is 0 Å². The minimum atomic E-state index is -0.807. The van der Waals surface area contributed by atoms with Crippen molar-refractivity contribution in [1.82, 2.24) is 15.2 Å². The highest BCUT2D eigenvalue weighted by Gasteiger charge is 2.09. The highest BCUT2D eigenvalue weighted by atomic mass is 16.4. The summed E-state index contributed by atoms with van der Waals surface area (Å²) in [7, 11) is 1.70. The van der Waals surface area contributed by atoms with Gasteiger partial charge in [0.25, 0.3) is 0 Å². The van der Waals surface area contributed by atoms with Crippen LogP contribution in [0.15, 0.2) is 18.2 Å². The number of nitrogens with one attached hydrogen (secondary N) is 1. The van der Waals surface area contributed by atoms with Crippen molar-refractivity contribution >= 4 is 12.0 Å². The lowest BCUT2D eigenvalue weighted by Gasteiger charge is -2.17. The third-order valence-corrected chi connectivity index (χ3v) is 2.79. The molecule has 0 aromatic carbocycles. The Morgan fingerprint density at radius 1 is 1.35 bits per heavy atom. The topological polar surface area (TPSA) is 82.5 Å². The number of urea groups is 1. The van der Waals surface area contributed by atoms with E-state index in [9.17, 15) is 9.59 Å². The molecule has 0 fully saturated rings. The van der Waals surface area contributed by atoms with Crippen molar-refractivity contribution in [3.8, 4) is 0 Å². The second kappa shape index (κ2) is 8.14. The van der Waals surface area contributed by atoms with Crippen LogP contribution >= 0.6 is 0 Å². The summed E-state index contributed by atoms with van der Waals surface area (Å²) in [6.07, 6.45) is 1.37. The van der Waals surface area contributed by atoms with Gasteiger partial charge in [0.15, 0.2) is 0 Å². The number of hydrogen-bond donors (Lipinski definition) is 2. The van der Waals surface area contributed by atoms with Crippen LogP contribution in [-0.4, -0.2) is 40.6 Å². The fourth-order valence-electron chi connectivity index (χ4n) is 1.73. The largest absolute Gasteiger partial charge is 0.481 e. The predicted octanol–water partition coefficient (Wildman–Crippen LogP) is 1.79. The molecular formula is C14H21N3O3. The van der Waals surface area contributed by atoms with E-state index < -0.39 is 5.97 Å². The summed E-state index contributed by atoms with van der Waals surface area (Å²) in [5, 5.41) is 11.3. The third-order valence-electron chi connectivity index (χ3n) is 2.79. The molecule has 1 heterocycles. The Balaban J connectivity index is 2.27. The maximum atomic E-state index is 11.8. The molecule has 0 atom stereocenters. The van der Waals surface area contributed by atoms with Gasteiger partial charge >= 0.3 is 12.0 Å². The minimum Gasteiger partial charge on any atom is -0.481 e. The van der Waals surface area contributed by atoms with E-state index in [1.54, 1.807) is 11.9 Å². The zero-order valence-electron chi connectivity index (χ0n) is 11.9. The summed E-state index contributed by atoms with van der Waals surface area (Å²) in [4.78, 5) is 28.0. The molecule has 0 saturated heterocycles. The second-order valence-corrected chi connectivity index (χ2v) is 4.71. The van der Waals surface area contributed by atoms with E-state index in [1.165, 1.54) is 0 Å². The van der Waals surface area contributed by atoms with Crippen LogP contribution in [-0.2, 0) is 11.3 Å². The van der Waals surface area contributed by atoms with Crippen LogP contribution < -0.4 is 5.32 Å². The number of carboxylic acids is 1. The fourth-order valence-corrected chi connectivity index (χ4v) is 1.73. The molecule has 0 aliphatic rings. The molecule has 2 N–H and O–H groups in total. The standard InChI is InChI=1S/C14H21N3O3/c1-11-6-5-7-12(16-11)10-17(2)14(20)15-9-4-3-8-13(18)19/h5-7H,3-4,8-10H2,1-2H3,(H,15,20)(H,18,19). The van der Waals surface area contributed by atoms with Gasteiger partial charge in [0, 0.05) is 25.7 Å². The third kappa shape index (κ3) is 6.17. The number of unbranched alkanes of at least 4 members (excludes halogenated alkanes) is 1. The van der Waals surface area contributed by atoms with E-state index in [4.69, 9.17) is 5.11 Å². The lowest BCUT2D eigenvalue weighted by molar-refractivity contribution is -0.137. The van der Waals surface area contributed by atoms with Gasteiger partial charge < -0.3 is 15.3 Å². The number of amides is 2. The Kier molecular flexibility index (Phi) is 6.49. The first-order valence-corrected chi connectivity index (χ1v) is 6.62. The number of aryl methyl sites for hydroxylation is 1. The SMILES string of the molecule is Cc1cccc(CN(C)C(=O)NCCCCC(=O)O)n1. The first kappa shape index (κ1) is 15.9. The monoisotopic (exact) mass is 279 g/mol. The molecule has 1 aromatic heterocycles. The maximum Gasteiger partial charge on any atom is 0.317 e. The van der Waals surface area contributed by atoms with E-state index in [0.717, 1.165) is 11.4 Å². The highest BCUT2D eigenvalue weighted by molar-refractivity contribution is 5.73. The number of carboxylic acid groups (broad SMARTS) is 1. The number of pyridine rings is 1. The molecule has 0 spiro atoms. The molecular weight excluding hydrogens is 258 g/mol. The van der Waals surface area contributed by atoms with E-state index in [1.807, 2.05) is 25.1 Å². The van der Waals surface area contributed by atoms with Crippen molar-refractivity contribution in [2.24, 2.45) is 0 Å². The van der Waals surface area contributed by atoms with Crippen LogP contribution in [0.4, 0.5) is 4.79 Å². The fraction of sp³-hybridized carbons (Fsp3) is 0.500. The summed E-state index contributed by atoms with van der Waals surface area (Å²) in [6, 6.07) is 5.52. The van der Waals surface area contributed by atoms with Crippen molar-refractivity contribution < 1.29 is 14.7 Å². The number of nitrogens with zero attached hydrogens (tertiary/aromatic N) is 2. The molecule has 0 aliphatic heterocycles. The Labute approximate surface area is 118 Å². The quantitative estimate of drug-likeness (QED) is 0.745. The van der Waals surface area contributed by atoms with Gasteiger partial charge in [-0.25, -0.2) is 4.79 Å². The molecule has 0 saturated carbocycles. The minimum absolute atomic E-state index is 0.138. The molecule has 20 heavy (non-hydrogen) atoms. The molecule has 0 unspecified atom stereocenters. The Bertz CT molecular complexity index is 463. The first-order valence-electron chi connectivity index (χ1n) is 6.62. The Morgan fingerprint density at radius 3 is 2.75 bits per heavy atom. The summed E-state index contributed by atoms with van der Waals surface area (Å²) in [5.74, 6) is -0.807. The molecule has 6 nitrogen and oxygen atoms in total. The smallest absolute Gasteiger partial charge is 0.317 e. The van der Waals surface area contributed by atoms with Crippen molar-refractivity contribution in [3.05, 3.63) is 29.6 Å². The average Bonchev–Trinajstić information content (AvgIpc) is 2.37. The van der Waals surface area contributed by atoms with E-state index in [2.05, 4.69) is 10.3 Å². The number of rotatable bonds is 7. The van der Waals surface area contributed by atoms with Crippen LogP contribution in [0.2, 0.25) is 0 Å². The van der Waals surface area contributed by atoms with Crippen molar-refractivity contribution in [2.75, 3.05) is 13.6 Å². The molecule has 2 amide bonds. The van der Waals surface area contributed by atoms with Crippen LogP contribution in [0.5, 0.6) is 0 Å². The summed E-state index contributed by atoms with van der Waals surface area (Å²) < 4.78 is 0. The molecule has 1 rings (SSSR count). The summed E-state index contributed by atoms with van der Waals surface area (Å²) >= 11 is 0. The molecule has 0 bridgehead atoms. The van der Waals surface area contributed by atoms with Gasteiger partial charge in [0.2, 0.25) is 0 Å². The number of carbonyl (C=O) groups excluding carboxylic acids is 1. The predicted molar refractivity (Wildman–Crippen MR) is 75.3 cm³/mol. The Hall–Kier alpha value is -2.11. The van der Waals surface area contributed by atoms with E-state index in [0.29, 0.717) is 25.9 Å².